The van der Waals surface area contributed by atoms with Crippen molar-refractivity contribution in [2.75, 3.05) is 13.1 Å². The topological polar surface area (TPSA) is 49.4 Å². The quantitative estimate of drug-likeness (QED) is 0.821. The number of hydrogen-bond donors (Lipinski definition) is 1. The summed E-state index contributed by atoms with van der Waals surface area (Å²) in [4.78, 5) is 25.8. The minimum atomic E-state index is -4.49. The lowest BCUT2D eigenvalue weighted by Crippen LogP contribution is -2.48. The molecule has 1 fully saturated rings. The van der Waals surface area contributed by atoms with Crippen molar-refractivity contribution in [3.05, 3.63) is 35.6 Å². The Labute approximate surface area is 143 Å². The molecule has 0 bridgehead atoms. The van der Waals surface area contributed by atoms with Crippen LogP contribution in [0.5, 0.6) is 0 Å². The molecule has 1 aliphatic rings. The van der Waals surface area contributed by atoms with E-state index in [0.717, 1.165) is 5.56 Å². The van der Waals surface area contributed by atoms with Gasteiger partial charge in [-0.15, -0.1) is 0 Å². The van der Waals surface area contributed by atoms with E-state index in [1.165, 1.54) is 17.0 Å². The third-order valence-corrected chi connectivity index (χ3v) is 4.26. The van der Waals surface area contributed by atoms with E-state index in [2.05, 4.69) is 0 Å². The maximum atomic E-state index is 13.0. The summed E-state index contributed by atoms with van der Waals surface area (Å²) in [7, 11) is 0. The van der Waals surface area contributed by atoms with Crippen LogP contribution in [0, 0.1) is 5.82 Å². The van der Waals surface area contributed by atoms with Crippen molar-refractivity contribution in [3.8, 4) is 0 Å². The lowest BCUT2D eigenvalue weighted by molar-refractivity contribution is -0.144. The molecule has 138 valence electrons. The predicted molar refractivity (Wildman–Crippen MR) is 83.2 cm³/mol. The van der Waals surface area contributed by atoms with Gasteiger partial charge in [0.2, 0.25) is 11.8 Å². The van der Waals surface area contributed by atoms with E-state index < -0.39 is 24.7 Å². The maximum absolute atomic E-state index is 13.0. The Morgan fingerprint density at radius 2 is 1.92 bits per heavy atom. The molecule has 0 unspecified atom stereocenters. The van der Waals surface area contributed by atoms with Crippen molar-refractivity contribution in [2.24, 2.45) is 0 Å². The van der Waals surface area contributed by atoms with Gasteiger partial charge in [0.1, 0.15) is 18.4 Å². The Kier molecular flexibility index (Phi) is 6.02. The number of benzene rings is 1. The number of carbonyl (C=O) groups excluding carboxylic acids is 2. The molecule has 4 nitrogen and oxygen atoms in total. The van der Waals surface area contributed by atoms with Gasteiger partial charge in [0.05, 0.1) is 0 Å². The number of nitrogens with zero attached hydrogens (tertiary/aromatic N) is 1. The first kappa shape index (κ1) is 19.2. The van der Waals surface area contributed by atoms with Gasteiger partial charge in [-0.2, -0.15) is 13.2 Å². The van der Waals surface area contributed by atoms with Gasteiger partial charge in [0.15, 0.2) is 0 Å². The van der Waals surface area contributed by atoms with Crippen molar-refractivity contribution in [1.82, 2.24) is 10.2 Å². The smallest absolute Gasteiger partial charge is 0.345 e. The highest BCUT2D eigenvalue weighted by atomic mass is 19.4. The molecule has 0 radical (unpaired) electrons. The number of hydrogen-bond acceptors (Lipinski definition) is 2. The molecule has 1 aromatic rings. The molecule has 1 heterocycles. The minimum Gasteiger partial charge on any atom is -0.345 e. The second-order valence-corrected chi connectivity index (χ2v) is 6.23. The van der Waals surface area contributed by atoms with Crippen molar-refractivity contribution >= 4 is 11.8 Å². The summed E-state index contributed by atoms with van der Waals surface area (Å²) < 4.78 is 49.6. The van der Waals surface area contributed by atoms with E-state index >= 15 is 0 Å². The average Bonchev–Trinajstić information content (AvgIpc) is 3.02. The molecule has 0 aromatic heterocycles. The molecule has 2 amide bonds. The Balaban J connectivity index is 1.95. The number of alkyl halides is 3. The van der Waals surface area contributed by atoms with Crippen molar-refractivity contribution in [2.45, 2.75) is 44.3 Å². The van der Waals surface area contributed by atoms with Crippen LogP contribution in [0.15, 0.2) is 24.3 Å². The van der Waals surface area contributed by atoms with Gasteiger partial charge in [0.25, 0.3) is 0 Å². The van der Waals surface area contributed by atoms with Crippen LogP contribution >= 0.6 is 0 Å². The van der Waals surface area contributed by atoms with Crippen LogP contribution in [0.3, 0.4) is 0 Å². The monoisotopic (exact) mass is 360 g/mol. The van der Waals surface area contributed by atoms with Gasteiger partial charge >= 0.3 is 6.18 Å². The second-order valence-electron chi connectivity index (χ2n) is 6.23. The molecule has 2 atom stereocenters. The van der Waals surface area contributed by atoms with E-state index in [1.54, 1.807) is 19.1 Å². The number of nitrogens with one attached hydrogen (secondary N) is 1. The van der Waals surface area contributed by atoms with E-state index in [9.17, 15) is 27.2 Å². The molecule has 8 heteroatoms. The number of likely N-dealkylation sites (tertiary alicyclic amines) is 1. The Hall–Kier alpha value is -2.12. The van der Waals surface area contributed by atoms with Gasteiger partial charge in [0, 0.05) is 13.0 Å². The summed E-state index contributed by atoms with van der Waals surface area (Å²) in [6, 6.07) is 4.92. The molecule has 1 N–H and O–H groups in total. The molecule has 0 aliphatic carbocycles. The van der Waals surface area contributed by atoms with Crippen molar-refractivity contribution < 1.29 is 27.2 Å². The number of amides is 2. The molecular weight excluding hydrogens is 340 g/mol. The van der Waals surface area contributed by atoms with Crippen LogP contribution in [-0.2, 0) is 9.59 Å². The van der Waals surface area contributed by atoms with E-state index in [1.807, 2.05) is 5.32 Å². The van der Waals surface area contributed by atoms with Crippen LogP contribution in [-0.4, -0.2) is 42.0 Å². The zero-order valence-electron chi connectivity index (χ0n) is 13.8. The zero-order chi connectivity index (χ0) is 18.6. The average molecular weight is 360 g/mol. The van der Waals surface area contributed by atoms with Gasteiger partial charge in [-0.25, -0.2) is 4.39 Å². The number of halogens is 4. The lowest BCUT2D eigenvalue weighted by Gasteiger charge is -2.25. The first-order valence-corrected chi connectivity index (χ1v) is 8.07. The summed E-state index contributed by atoms with van der Waals surface area (Å²) >= 11 is 0. The fourth-order valence-corrected chi connectivity index (χ4v) is 2.93. The van der Waals surface area contributed by atoms with Crippen LogP contribution in [0.25, 0.3) is 0 Å². The summed E-state index contributed by atoms with van der Waals surface area (Å²) in [6.45, 7) is 0.745. The summed E-state index contributed by atoms with van der Waals surface area (Å²) in [6.07, 6.45) is -3.46. The molecular formula is C17H20F4N2O2. The highest BCUT2D eigenvalue weighted by Crippen LogP contribution is 2.24. The molecule has 25 heavy (non-hydrogen) atoms. The van der Waals surface area contributed by atoms with Gasteiger partial charge in [-0.1, -0.05) is 19.1 Å². The molecule has 1 saturated heterocycles. The van der Waals surface area contributed by atoms with Crippen molar-refractivity contribution in [1.29, 1.82) is 0 Å². The zero-order valence-corrected chi connectivity index (χ0v) is 13.8. The first-order chi connectivity index (χ1) is 11.7. The van der Waals surface area contributed by atoms with Crippen LogP contribution in [0.4, 0.5) is 17.6 Å². The standard InChI is InChI=1S/C17H20F4N2O2/c1-11(12-4-6-13(18)7-5-12)9-15(24)23-8-2-3-14(23)16(25)22-10-17(19,20)21/h4-7,11,14H,2-3,8-10H2,1H3,(H,22,25)/t11-,14-/m0/s1. The predicted octanol–water partition coefficient (Wildman–Crippen LogP) is 2.99. The van der Waals surface area contributed by atoms with E-state index in [4.69, 9.17) is 0 Å². The highest BCUT2D eigenvalue weighted by molar-refractivity contribution is 5.88. The summed E-state index contributed by atoms with van der Waals surface area (Å²) in [5.41, 5.74) is 0.784. The lowest BCUT2D eigenvalue weighted by atomic mass is 9.97. The van der Waals surface area contributed by atoms with E-state index in [-0.39, 0.29) is 24.1 Å². The highest BCUT2D eigenvalue weighted by Gasteiger charge is 2.36. The Morgan fingerprint density at radius 3 is 2.52 bits per heavy atom. The van der Waals surface area contributed by atoms with Crippen LogP contribution < -0.4 is 5.32 Å². The maximum Gasteiger partial charge on any atom is 0.405 e. The second kappa shape index (κ2) is 7.84. The molecule has 0 spiro atoms. The molecule has 2 rings (SSSR count). The van der Waals surface area contributed by atoms with Crippen molar-refractivity contribution in [3.63, 3.8) is 0 Å². The summed E-state index contributed by atoms with van der Waals surface area (Å²) in [5.74, 6) is -1.63. The molecule has 0 saturated carbocycles. The van der Waals surface area contributed by atoms with Gasteiger partial charge in [-0.05, 0) is 36.5 Å². The summed E-state index contributed by atoms with van der Waals surface area (Å²) in [5, 5.41) is 1.84. The normalized spacial score (nSPS) is 18.9. The first-order valence-electron chi connectivity index (χ1n) is 8.07. The van der Waals surface area contributed by atoms with Gasteiger partial charge < -0.3 is 10.2 Å². The molecule has 1 aliphatic heterocycles. The number of rotatable bonds is 5. The van der Waals surface area contributed by atoms with Gasteiger partial charge in [-0.3, -0.25) is 9.59 Å². The van der Waals surface area contributed by atoms with E-state index in [0.29, 0.717) is 19.4 Å². The Bertz CT molecular complexity index is 616. The third kappa shape index (κ3) is 5.44. The third-order valence-electron chi connectivity index (χ3n) is 4.26. The fourth-order valence-electron chi connectivity index (χ4n) is 2.93. The largest absolute Gasteiger partial charge is 0.405 e. The minimum absolute atomic E-state index is 0.106. The molecule has 1 aromatic carbocycles. The number of carbonyl (C=O) groups is 2. The SMILES string of the molecule is C[C@@H](CC(=O)N1CCC[C@H]1C(=O)NCC(F)(F)F)c1ccc(F)cc1. The Morgan fingerprint density at radius 1 is 1.28 bits per heavy atom. The van der Waals surface area contributed by atoms with Crippen LogP contribution in [0.1, 0.15) is 37.7 Å². The fraction of sp³-hybridized carbons (Fsp3) is 0.529. The van der Waals surface area contributed by atoms with Crippen LogP contribution in [0.2, 0.25) is 0 Å².